The number of amides is 4. The highest BCUT2D eigenvalue weighted by Crippen LogP contribution is 2.46. The molecule has 6 atom stereocenters. The molecule has 0 aromatic rings. The fourth-order valence-electron chi connectivity index (χ4n) is 6.05. The second kappa shape index (κ2) is 23.4. The molecule has 0 bridgehead atoms. The van der Waals surface area contributed by atoms with Crippen molar-refractivity contribution in [3.05, 3.63) is 23.3 Å². The fourth-order valence-corrected chi connectivity index (χ4v) is 8.82. The summed E-state index contributed by atoms with van der Waals surface area (Å²) in [5, 5.41) is 5.84. The van der Waals surface area contributed by atoms with Crippen molar-refractivity contribution < 1.29 is 38.2 Å². The van der Waals surface area contributed by atoms with Gasteiger partial charge in [-0.25, -0.2) is 9.59 Å². The van der Waals surface area contributed by atoms with Crippen LogP contribution in [-0.2, 0) is 38.2 Å². The molecule has 0 saturated heterocycles. The summed E-state index contributed by atoms with van der Waals surface area (Å²) >= 11 is 0. The molecule has 0 aromatic carbocycles. The Morgan fingerprint density at radius 1 is 0.583 bits per heavy atom. The molecule has 0 rings (SSSR count). The summed E-state index contributed by atoms with van der Waals surface area (Å²) in [7, 11) is 5.90. The zero-order chi connectivity index (χ0) is 47.5. The van der Waals surface area contributed by atoms with Gasteiger partial charge in [-0.2, -0.15) is 0 Å². The molecule has 16 heteroatoms. The maximum atomic E-state index is 14.1. The molecule has 0 heterocycles. The summed E-state index contributed by atoms with van der Waals surface area (Å²) in [6.07, 6.45) is 3.43. The number of likely N-dealkylation sites (N-methyl/N-ethyl adjacent to an activating group) is 2. The van der Waals surface area contributed by atoms with E-state index in [4.69, 9.17) is 20.9 Å². The topological polar surface area (TPSA) is 203 Å². The lowest BCUT2D eigenvalue weighted by Gasteiger charge is -2.40. The van der Waals surface area contributed by atoms with Gasteiger partial charge >= 0.3 is 11.9 Å². The third kappa shape index (κ3) is 16.7. The van der Waals surface area contributed by atoms with Crippen LogP contribution in [-0.4, -0.2) is 118 Å². The summed E-state index contributed by atoms with van der Waals surface area (Å²) in [6, 6.07) is -4.98. The number of carbonyl (C=O) groups excluding carboxylic acids is 6. The largest absolute Gasteiger partial charge is 0.463 e. The molecular weight excluding hydrogens is 805 g/mol. The first-order chi connectivity index (χ1) is 27.1. The highest BCUT2D eigenvalue weighted by molar-refractivity contribution is 8.77. The van der Waals surface area contributed by atoms with Crippen LogP contribution in [0.15, 0.2) is 23.3 Å². The van der Waals surface area contributed by atoms with E-state index in [9.17, 15) is 28.8 Å². The quantitative estimate of drug-likeness (QED) is 0.0630. The Kier molecular flexibility index (Phi) is 22.2. The Morgan fingerprint density at radius 3 is 1.07 bits per heavy atom. The Bertz CT molecular complexity index is 1450. The lowest BCUT2D eigenvalue weighted by Crippen LogP contribution is -2.61. The van der Waals surface area contributed by atoms with Crippen molar-refractivity contribution in [1.82, 2.24) is 20.4 Å². The number of esters is 2. The predicted octanol–water partition coefficient (Wildman–Crippen LogP) is 5.63. The van der Waals surface area contributed by atoms with Crippen LogP contribution in [0.5, 0.6) is 0 Å². The molecule has 0 fully saturated rings. The number of nitrogens with two attached hydrogens (primary N) is 2. The normalized spacial score (nSPS) is 16.3. The van der Waals surface area contributed by atoms with Gasteiger partial charge in [0.2, 0.25) is 23.6 Å². The Hall–Kier alpha value is -3.08. The smallest absolute Gasteiger partial charge is 0.333 e. The van der Waals surface area contributed by atoms with Gasteiger partial charge in [-0.15, -0.1) is 0 Å². The van der Waals surface area contributed by atoms with Gasteiger partial charge < -0.3 is 41.4 Å². The molecule has 60 heavy (non-hydrogen) atoms. The van der Waals surface area contributed by atoms with Crippen molar-refractivity contribution in [3.8, 4) is 0 Å². The van der Waals surface area contributed by atoms with Gasteiger partial charge in [-0.05, 0) is 78.1 Å². The van der Waals surface area contributed by atoms with Gasteiger partial charge in [0.15, 0.2) is 0 Å². The zero-order valence-corrected chi connectivity index (χ0v) is 42.0. The molecule has 0 aliphatic carbocycles. The molecule has 0 aromatic heterocycles. The molecular formula is C44H80N6O8S2. The van der Waals surface area contributed by atoms with E-state index in [1.165, 1.54) is 21.6 Å². The SMILES string of the molecule is CCOC(=O)/C(C)=C/C(C(C)C)N(C)C(=O)[C@@H](NC(=O)[C@@H](N)C(C)(C)SSC(C)(C)[C@H](N)C(=O)NC(C(=O)N(C)[C@H](/C=C(\C)C(=O)OCC)C(C)C)C(C)(C)C)C(C)(C)C. The number of rotatable bonds is 21. The van der Waals surface area contributed by atoms with Crippen molar-refractivity contribution in [3.63, 3.8) is 0 Å². The monoisotopic (exact) mass is 885 g/mol. The van der Waals surface area contributed by atoms with Crippen LogP contribution in [0.3, 0.4) is 0 Å². The summed E-state index contributed by atoms with van der Waals surface area (Å²) in [5.74, 6) is -2.77. The van der Waals surface area contributed by atoms with Crippen LogP contribution < -0.4 is 22.1 Å². The highest BCUT2D eigenvalue weighted by atomic mass is 33.1. The van der Waals surface area contributed by atoms with Crippen LogP contribution in [0.4, 0.5) is 0 Å². The molecule has 4 amide bonds. The van der Waals surface area contributed by atoms with Gasteiger partial charge in [-0.1, -0.05) is 103 Å². The highest BCUT2D eigenvalue weighted by Gasteiger charge is 2.44. The van der Waals surface area contributed by atoms with E-state index in [1.807, 2.05) is 96.9 Å². The molecule has 0 aliphatic rings. The van der Waals surface area contributed by atoms with Gasteiger partial charge in [0.05, 0.1) is 37.4 Å². The standard InChI is InChI=1S/C44H80N6O8S2/c1-21-57-39(55)27(7)23-29(25(3)4)49(19)37(53)33(41(9,10)11)47-35(51)31(45)43(15,16)59-60-44(17,18)32(46)36(52)48-34(42(12,13)14)38(54)50(20)30(26(5)6)24-28(8)40(56)58-22-2/h23-26,29-34H,21-22,45-46H2,1-20H3,(H,47,51)(H,48,52)/b27-23+,28-24+/t29-,30?,31-,32-,33?,34-/m1/s1. The van der Waals surface area contributed by atoms with Gasteiger partial charge in [-0.3, -0.25) is 19.2 Å². The van der Waals surface area contributed by atoms with Crippen LogP contribution in [0, 0.1) is 22.7 Å². The summed E-state index contributed by atoms with van der Waals surface area (Å²) < 4.78 is 8.46. The van der Waals surface area contributed by atoms with Crippen molar-refractivity contribution in [2.75, 3.05) is 27.3 Å². The van der Waals surface area contributed by atoms with E-state index in [0.717, 1.165) is 0 Å². The Labute approximate surface area is 369 Å². The van der Waals surface area contributed by atoms with Gasteiger partial charge in [0.1, 0.15) is 12.1 Å². The molecule has 6 N–H and O–H groups in total. The summed E-state index contributed by atoms with van der Waals surface area (Å²) in [4.78, 5) is 83.8. The molecule has 0 saturated carbocycles. The third-order valence-corrected chi connectivity index (χ3v) is 14.6. The lowest BCUT2D eigenvalue weighted by atomic mass is 9.84. The predicted molar refractivity (Wildman–Crippen MR) is 246 cm³/mol. The maximum absolute atomic E-state index is 14.1. The first kappa shape index (κ1) is 56.9. The van der Waals surface area contributed by atoms with E-state index in [-0.39, 0.29) is 36.9 Å². The van der Waals surface area contributed by atoms with E-state index >= 15 is 0 Å². The van der Waals surface area contributed by atoms with Crippen molar-refractivity contribution >= 4 is 57.2 Å². The zero-order valence-electron chi connectivity index (χ0n) is 40.3. The number of hydrogen-bond acceptors (Lipinski definition) is 12. The molecule has 0 radical (unpaired) electrons. The second-order valence-corrected chi connectivity index (χ2v) is 22.9. The molecule has 14 nitrogen and oxygen atoms in total. The second-order valence-electron chi connectivity index (χ2n) is 19.5. The van der Waals surface area contributed by atoms with Crippen LogP contribution >= 0.6 is 21.6 Å². The minimum Gasteiger partial charge on any atom is -0.463 e. The van der Waals surface area contributed by atoms with Gasteiger partial charge in [0.25, 0.3) is 0 Å². The Balaban J connectivity index is 6.20. The average Bonchev–Trinajstić information content (AvgIpc) is 3.13. The molecule has 0 aliphatic heterocycles. The van der Waals surface area contributed by atoms with Crippen LogP contribution in [0.1, 0.15) is 125 Å². The first-order valence-electron chi connectivity index (χ1n) is 20.8. The minimum atomic E-state index is -1.08. The molecule has 2 unspecified atom stereocenters. The van der Waals surface area contributed by atoms with E-state index in [0.29, 0.717) is 11.1 Å². The summed E-state index contributed by atoms with van der Waals surface area (Å²) in [6.45, 7) is 33.3. The van der Waals surface area contributed by atoms with E-state index in [2.05, 4.69) is 10.6 Å². The maximum Gasteiger partial charge on any atom is 0.333 e. The van der Waals surface area contributed by atoms with E-state index in [1.54, 1.807) is 63.7 Å². The minimum absolute atomic E-state index is 0.0553. The first-order valence-corrected chi connectivity index (χ1v) is 23.0. The van der Waals surface area contributed by atoms with Crippen molar-refractivity contribution in [2.45, 2.75) is 170 Å². The average molecular weight is 885 g/mol. The number of carbonyl (C=O) groups is 6. The molecule has 346 valence electrons. The van der Waals surface area contributed by atoms with Crippen LogP contribution in [0.25, 0.3) is 0 Å². The van der Waals surface area contributed by atoms with Gasteiger partial charge in [0, 0.05) is 34.7 Å². The van der Waals surface area contributed by atoms with Crippen LogP contribution in [0.2, 0.25) is 0 Å². The Morgan fingerprint density at radius 2 is 0.850 bits per heavy atom. The number of hydrogen-bond donors (Lipinski definition) is 4. The van der Waals surface area contributed by atoms with E-state index < -0.39 is 80.3 Å². The number of nitrogens with one attached hydrogen (secondary N) is 2. The fraction of sp³-hybridized carbons (Fsp3) is 0.773. The lowest BCUT2D eigenvalue weighted by molar-refractivity contribution is -0.141. The number of ether oxygens (including phenoxy) is 2. The summed E-state index contributed by atoms with van der Waals surface area (Å²) in [5.41, 5.74) is 12.6. The van der Waals surface area contributed by atoms with Crippen molar-refractivity contribution in [2.24, 2.45) is 34.1 Å². The third-order valence-electron chi connectivity index (χ3n) is 10.3. The van der Waals surface area contributed by atoms with Crippen molar-refractivity contribution in [1.29, 1.82) is 0 Å². The molecule has 0 spiro atoms. The number of nitrogens with zero attached hydrogens (tertiary/aromatic N) is 2.